The largest absolute Gasteiger partial charge is 0.492 e. The average Bonchev–Trinajstić information content (AvgIpc) is 2.08. The maximum Gasteiger partial charge on any atom is 0.230 e. The molecule has 0 atom stereocenters. The second-order valence-electron chi connectivity index (χ2n) is 2.82. The smallest absolute Gasteiger partial charge is 0.230 e. The van der Waals surface area contributed by atoms with Gasteiger partial charge < -0.3 is 5.11 Å². The highest BCUT2D eigenvalue weighted by atomic mass is 35.5. The number of rotatable bonds is 0. The lowest BCUT2D eigenvalue weighted by Crippen LogP contribution is -1.85. The minimum atomic E-state index is -0.0904. The standard InChI is InChI=1S/C9H7ClN2O/c1-5-2-7-8(3-6(5)10)12-9(13)4-11-7/h2-4H,1H3,(H,12,13). The molecule has 0 amide bonds. The summed E-state index contributed by atoms with van der Waals surface area (Å²) in [6.07, 6.45) is 1.32. The number of fused-ring (bicyclic) bond motifs is 1. The van der Waals surface area contributed by atoms with Crippen molar-refractivity contribution in [2.45, 2.75) is 6.92 Å². The van der Waals surface area contributed by atoms with Gasteiger partial charge in [-0.25, -0.2) is 9.97 Å². The summed E-state index contributed by atoms with van der Waals surface area (Å²) in [5, 5.41) is 9.71. The van der Waals surface area contributed by atoms with E-state index in [2.05, 4.69) is 9.97 Å². The maximum atomic E-state index is 9.07. The molecule has 2 aromatic rings. The van der Waals surface area contributed by atoms with Crippen molar-refractivity contribution in [3.8, 4) is 5.88 Å². The van der Waals surface area contributed by atoms with Crippen LogP contribution in [0.3, 0.4) is 0 Å². The van der Waals surface area contributed by atoms with Crippen LogP contribution < -0.4 is 0 Å². The molecular weight excluding hydrogens is 188 g/mol. The zero-order chi connectivity index (χ0) is 9.42. The Bertz CT molecular complexity index is 470. The van der Waals surface area contributed by atoms with Crippen molar-refractivity contribution in [3.63, 3.8) is 0 Å². The molecule has 2 rings (SSSR count). The number of nitrogens with zero attached hydrogens (tertiary/aromatic N) is 2. The molecule has 0 spiro atoms. The van der Waals surface area contributed by atoms with Gasteiger partial charge >= 0.3 is 0 Å². The predicted octanol–water partition coefficient (Wildman–Crippen LogP) is 2.30. The molecule has 1 N–H and O–H groups in total. The second-order valence-corrected chi connectivity index (χ2v) is 3.23. The van der Waals surface area contributed by atoms with Gasteiger partial charge in [-0.2, -0.15) is 0 Å². The van der Waals surface area contributed by atoms with Gasteiger partial charge in [0.25, 0.3) is 0 Å². The monoisotopic (exact) mass is 194 g/mol. The van der Waals surface area contributed by atoms with Crippen LogP contribution in [0.5, 0.6) is 5.88 Å². The van der Waals surface area contributed by atoms with Crippen LogP contribution in [-0.2, 0) is 0 Å². The molecule has 0 saturated heterocycles. The van der Waals surface area contributed by atoms with E-state index in [1.54, 1.807) is 6.07 Å². The van der Waals surface area contributed by atoms with E-state index in [4.69, 9.17) is 16.7 Å². The summed E-state index contributed by atoms with van der Waals surface area (Å²) in [7, 11) is 0. The minimum absolute atomic E-state index is 0.0904. The van der Waals surface area contributed by atoms with Crippen LogP contribution in [-0.4, -0.2) is 15.1 Å². The summed E-state index contributed by atoms with van der Waals surface area (Å²) in [5.74, 6) is -0.0904. The Morgan fingerprint density at radius 3 is 2.85 bits per heavy atom. The summed E-state index contributed by atoms with van der Waals surface area (Å²) in [5.41, 5.74) is 2.30. The van der Waals surface area contributed by atoms with Crippen molar-refractivity contribution in [3.05, 3.63) is 28.9 Å². The van der Waals surface area contributed by atoms with Gasteiger partial charge in [0.1, 0.15) is 0 Å². The summed E-state index contributed by atoms with van der Waals surface area (Å²) in [4.78, 5) is 7.90. The van der Waals surface area contributed by atoms with E-state index >= 15 is 0 Å². The SMILES string of the molecule is Cc1cc2ncc(O)nc2cc1Cl. The zero-order valence-corrected chi connectivity index (χ0v) is 7.71. The molecular formula is C9H7ClN2O. The Labute approximate surface area is 80.0 Å². The Morgan fingerprint density at radius 2 is 2.08 bits per heavy atom. The minimum Gasteiger partial charge on any atom is -0.492 e. The van der Waals surface area contributed by atoms with Gasteiger partial charge in [0.05, 0.1) is 17.2 Å². The topological polar surface area (TPSA) is 46.0 Å². The van der Waals surface area contributed by atoms with Crippen molar-refractivity contribution in [1.29, 1.82) is 0 Å². The van der Waals surface area contributed by atoms with Crippen molar-refractivity contribution in [2.75, 3.05) is 0 Å². The first-order valence-corrected chi connectivity index (χ1v) is 4.16. The van der Waals surface area contributed by atoms with Crippen LogP contribution in [0.1, 0.15) is 5.56 Å². The molecule has 0 fully saturated rings. The molecule has 13 heavy (non-hydrogen) atoms. The molecule has 0 bridgehead atoms. The Kier molecular flexibility index (Phi) is 1.81. The van der Waals surface area contributed by atoms with Crippen LogP contribution >= 0.6 is 11.6 Å². The average molecular weight is 195 g/mol. The molecule has 0 aliphatic carbocycles. The third-order valence-electron chi connectivity index (χ3n) is 1.81. The third kappa shape index (κ3) is 1.42. The molecule has 1 aromatic heterocycles. The Balaban J connectivity index is 2.81. The van der Waals surface area contributed by atoms with Crippen LogP contribution in [0.25, 0.3) is 11.0 Å². The summed E-state index contributed by atoms with van der Waals surface area (Å²) < 4.78 is 0. The number of aryl methyl sites for hydroxylation is 1. The first kappa shape index (κ1) is 8.26. The number of aromatic hydroxyl groups is 1. The van der Waals surface area contributed by atoms with E-state index < -0.39 is 0 Å². The fourth-order valence-corrected chi connectivity index (χ4v) is 1.29. The highest BCUT2D eigenvalue weighted by molar-refractivity contribution is 6.32. The molecule has 66 valence electrons. The number of benzene rings is 1. The highest BCUT2D eigenvalue weighted by Gasteiger charge is 2.02. The summed E-state index contributed by atoms with van der Waals surface area (Å²) in [6, 6.07) is 3.53. The normalized spacial score (nSPS) is 10.6. The van der Waals surface area contributed by atoms with E-state index in [1.807, 2.05) is 13.0 Å². The van der Waals surface area contributed by atoms with Crippen molar-refractivity contribution in [1.82, 2.24) is 9.97 Å². The Morgan fingerprint density at radius 1 is 1.31 bits per heavy atom. The zero-order valence-electron chi connectivity index (χ0n) is 6.95. The number of hydrogen-bond donors (Lipinski definition) is 1. The number of hydrogen-bond acceptors (Lipinski definition) is 3. The van der Waals surface area contributed by atoms with Gasteiger partial charge in [0.2, 0.25) is 5.88 Å². The van der Waals surface area contributed by atoms with Crippen molar-refractivity contribution in [2.24, 2.45) is 0 Å². The van der Waals surface area contributed by atoms with E-state index in [0.717, 1.165) is 11.1 Å². The van der Waals surface area contributed by atoms with Gasteiger partial charge in [0, 0.05) is 5.02 Å². The predicted molar refractivity (Wildman–Crippen MR) is 50.9 cm³/mol. The van der Waals surface area contributed by atoms with Crippen LogP contribution in [0.4, 0.5) is 0 Å². The lowest BCUT2D eigenvalue weighted by atomic mass is 10.2. The first-order valence-electron chi connectivity index (χ1n) is 3.78. The number of aromatic nitrogens is 2. The quantitative estimate of drug-likeness (QED) is 0.700. The van der Waals surface area contributed by atoms with Crippen LogP contribution in [0.15, 0.2) is 18.3 Å². The summed E-state index contributed by atoms with van der Waals surface area (Å²) in [6.45, 7) is 1.90. The van der Waals surface area contributed by atoms with Gasteiger partial charge in [0.15, 0.2) is 0 Å². The van der Waals surface area contributed by atoms with Gasteiger partial charge in [-0.3, -0.25) is 0 Å². The third-order valence-corrected chi connectivity index (χ3v) is 2.22. The second kappa shape index (κ2) is 2.85. The van der Waals surface area contributed by atoms with E-state index in [9.17, 15) is 0 Å². The molecule has 1 aromatic carbocycles. The lowest BCUT2D eigenvalue weighted by molar-refractivity contribution is 0.453. The molecule has 1 heterocycles. The summed E-state index contributed by atoms with van der Waals surface area (Å²) >= 11 is 5.89. The van der Waals surface area contributed by atoms with Gasteiger partial charge in [-0.05, 0) is 24.6 Å². The van der Waals surface area contributed by atoms with Crippen molar-refractivity contribution >= 4 is 22.6 Å². The lowest BCUT2D eigenvalue weighted by Gasteiger charge is -2.00. The molecule has 0 unspecified atom stereocenters. The first-order chi connectivity index (χ1) is 6.16. The fourth-order valence-electron chi connectivity index (χ4n) is 1.13. The van der Waals surface area contributed by atoms with Crippen LogP contribution in [0.2, 0.25) is 5.02 Å². The Hall–Kier alpha value is -1.35. The number of halogens is 1. The van der Waals surface area contributed by atoms with Gasteiger partial charge in [-0.15, -0.1) is 0 Å². The molecule has 0 radical (unpaired) electrons. The molecule has 3 nitrogen and oxygen atoms in total. The fraction of sp³-hybridized carbons (Fsp3) is 0.111. The van der Waals surface area contributed by atoms with Crippen molar-refractivity contribution < 1.29 is 5.11 Å². The molecule has 4 heteroatoms. The molecule has 0 aliphatic heterocycles. The highest BCUT2D eigenvalue weighted by Crippen LogP contribution is 2.21. The maximum absolute atomic E-state index is 9.07. The van der Waals surface area contributed by atoms with Gasteiger partial charge in [-0.1, -0.05) is 11.6 Å². The molecule has 0 aliphatic rings. The van der Waals surface area contributed by atoms with E-state index in [1.165, 1.54) is 6.20 Å². The van der Waals surface area contributed by atoms with Crippen LogP contribution in [0, 0.1) is 6.92 Å². The molecule has 0 saturated carbocycles. The van der Waals surface area contributed by atoms with E-state index in [-0.39, 0.29) is 5.88 Å². The van der Waals surface area contributed by atoms with E-state index in [0.29, 0.717) is 10.5 Å².